The summed E-state index contributed by atoms with van der Waals surface area (Å²) in [5.41, 5.74) is 0. The molecule has 11 unspecified atom stereocenters. The summed E-state index contributed by atoms with van der Waals surface area (Å²) in [4.78, 5) is 25.7. The standard InChI is InChI=1S/C51H84O15/c1-3-5-7-9-11-13-15-17-18-19-20-22-23-25-27-29-31-33-42(53)61-36-39(64-43(54)34-32-30-28-26-24-21-16-14-12-10-8-6-4-2)37-62-50-49(60)47(58)45(56)41(66-50)38-63-51-48(59)46(57)44(55)40(35-52)65-51/h6,8,11-14,17-18,21,24,28,30,39-41,44-52,55-60H,3-5,7,9-10,15-16,19-20,22-23,25-27,29,31-38H2,1-2H3/b8-6-,13-11-,14-12-,18-17-,24-21-,30-28-. The molecule has 2 aliphatic rings. The van der Waals surface area contributed by atoms with Crippen LogP contribution in [0.3, 0.4) is 0 Å². The van der Waals surface area contributed by atoms with Crippen molar-refractivity contribution in [1.29, 1.82) is 0 Å². The third-order valence-corrected chi connectivity index (χ3v) is 11.2. The summed E-state index contributed by atoms with van der Waals surface area (Å²) < 4.78 is 33.4. The molecule has 0 spiro atoms. The third kappa shape index (κ3) is 25.9. The van der Waals surface area contributed by atoms with E-state index in [0.29, 0.717) is 19.3 Å². The first-order valence-electron chi connectivity index (χ1n) is 24.5. The van der Waals surface area contributed by atoms with Crippen molar-refractivity contribution < 1.29 is 73.8 Å². The van der Waals surface area contributed by atoms with Gasteiger partial charge in [0.25, 0.3) is 0 Å². The van der Waals surface area contributed by atoms with E-state index in [1.807, 2.05) is 18.2 Å². The van der Waals surface area contributed by atoms with E-state index >= 15 is 0 Å². The Morgan fingerprint density at radius 2 is 0.985 bits per heavy atom. The van der Waals surface area contributed by atoms with Crippen LogP contribution >= 0.6 is 0 Å². The highest BCUT2D eigenvalue weighted by atomic mass is 16.7. The van der Waals surface area contributed by atoms with Crippen LogP contribution in [0.25, 0.3) is 0 Å². The van der Waals surface area contributed by atoms with E-state index in [2.05, 4.69) is 68.5 Å². The van der Waals surface area contributed by atoms with E-state index in [-0.39, 0.29) is 19.4 Å². The zero-order valence-electron chi connectivity index (χ0n) is 39.6. The molecule has 15 nitrogen and oxygen atoms in total. The summed E-state index contributed by atoms with van der Waals surface area (Å²) in [7, 11) is 0. The van der Waals surface area contributed by atoms with E-state index in [0.717, 1.165) is 70.6 Å². The summed E-state index contributed by atoms with van der Waals surface area (Å²) in [6.07, 6.45) is 26.7. The molecule has 2 rings (SSSR count). The molecular weight excluding hydrogens is 853 g/mol. The minimum Gasteiger partial charge on any atom is -0.462 e. The number of hydrogen-bond donors (Lipinski definition) is 7. The lowest BCUT2D eigenvalue weighted by molar-refractivity contribution is -0.332. The molecule has 0 aliphatic carbocycles. The Labute approximate surface area is 393 Å². The van der Waals surface area contributed by atoms with Gasteiger partial charge in [-0.3, -0.25) is 9.59 Å². The van der Waals surface area contributed by atoms with Crippen LogP contribution in [0, 0.1) is 0 Å². The smallest absolute Gasteiger partial charge is 0.306 e. The molecule has 2 saturated heterocycles. The molecule has 15 heteroatoms. The van der Waals surface area contributed by atoms with Crippen molar-refractivity contribution in [1.82, 2.24) is 0 Å². The fourth-order valence-electron chi connectivity index (χ4n) is 7.14. The van der Waals surface area contributed by atoms with Crippen LogP contribution in [0.2, 0.25) is 0 Å². The van der Waals surface area contributed by atoms with Crippen LogP contribution in [0.1, 0.15) is 142 Å². The van der Waals surface area contributed by atoms with Crippen molar-refractivity contribution in [2.75, 3.05) is 26.4 Å². The molecule has 2 fully saturated rings. The second-order valence-corrected chi connectivity index (χ2v) is 16.9. The van der Waals surface area contributed by atoms with Crippen molar-refractivity contribution in [3.05, 3.63) is 72.9 Å². The van der Waals surface area contributed by atoms with Gasteiger partial charge in [-0.25, -0.2) is 0 Å². The normalized spacial score (nSPS) is 26.8. The van der Waals surface area contributed by atoms with Gasteiger partial charge in [0.05, 0.1) is 19.8 Å². The van der Waals surface area contributed by atoms with Gasteiger partial charge < -0.3 is 64.2 Å². The predicted molar refractivity (Wildman–Crippen MR) is 252 cm³/mol. The van der Waals surface area contributed by atoms with Crippen LogP contribution in [0.15, 0.2) is 72.9 Å². The second kappa shape index (κ2) is 37.9. The lowest BCUT2D eigenvalue weighted by atomic mass is 9.98. The van der Waals surface area contributed by atoms with Gasteiger partial charge in [-0.05, 0) is 70.6 Å². The van der Waals surface area contributed by atoms with Crippen LogP contribution in [-0.4, -0.2) is 142 Å². The average molecular weight is 937 g/mol. The van der Waals surface area contributed by atoms with E-state index in [9.17, 15) is 45.3 Å². The number of carbonyl (C=O) groups is 2. The lowest BCUT2D eigenvalue weighted by Gasteiger charge is -2.42. The summed E-state index contributed by atoms with van der Waals surface area (Å²) in [6, 6.07) is 0. The Morgan fingerprint density at radius 1 is 0.500 bits per heavy atom. The minimum atomic E-state index is -1.78. The van der Waals surface area contributed by atoms with Crippen molar-refractivity contribution >= 4 is 11.9 Å². The molecule has 0 aromatic heterocycles. The fourth-order valence-corrected chi connectivity index (χ4v) is 7.14. The first-order valence-corrected chi connectivity index (χ1v) is 24.5. The van der Waals surface area contributed by atoms with Crippen LogP contribution in [0.4, 0.5) is 0 Å². The number of ether oxygens (including phenoxy) is 6. The van der Waals surface area contributed by atoms with Gasteiger partial charge in [0.15, 0.2) is 18.7 Å². The molecule has 0 radical (unpaired) electrons. The predicted octanol–water partition coefficient (Wildman–Crippen LogP) is 6.26. The molecule has 0 bridgehead atoms. The molecule has 2 heterocycles. The third-order valence-electron chi connectivity index (χ3n) is 11.2. The van der Waals surface area contributed by atoms with Gasteiger partial charge >= 0.3 is 11.9 Å². The van der Waals surface area contributed by atoms with Gasteiger partial charge in [0, 0.05) is 12.8 Å². The summed E-state index contributed by atoms with van der Waals surface area (Å²) in [6.45, 7) is 2.34. The molecule has 0 aromatic carbocycles. The van der Waals surface area contributed by atoms with Gasteiger partial charge in [0.1, 0.15) is 55.4 Å². The van der Waals surface area contributed by atoms with Crippen LogP contribution in [-0.2, 0) is 38.0 Å². The number of carbonyl (C=O) groups excluding carboxylic acids is 2. The number of allylic oxidation sites excluding steroid dienone is 12. The quantitative estimate of drug-likeness (QED) is 0.0209. The van der Waals surface area contributed by atoms with E-state index < -0.39 is 99.3 Å². The van der Waals surface area contributed by atoms with Gasteiger partial charge in [-0.1, -0.05) is 132 Å². The minimum absolute atomic E-state index is 0.0387. The maximum Gasteiger partial charge on any atom is 0.306 e. The Hall–Kier alpha value is -3.06. The first-order chi connectivity index (χ1) is 32.0. The zero-order chi connectivity index (χ0) is 48.2. The maximum atomic E-state index is 12.9. The van der Waals surface area contributed by atoms with E-state index in [4.69, 9.17) is 28.4 Å². The van der Waals surface area contributed by atoms with Crippen molar-refractivity contribution in [3.8, 4) is 0 Å². The Balaban J connectivity index is 1.85. The molecule has 0 aromatic rings. The molecule has 378 valence electrons. The highest BCUT2D eigenvalue weighted by molar-refractivity contribution is 5.70. The number of aliphatic hydroxyl groups is 7. The molecule has 7 N–H and O–H groups in total. The van der Waals surface area contributed by atoms with Crippen molar-refractivity contribution in [3.63, 3.8) is 0 Å². The van der Waals surface area contributed by atoms with Gasteiger partial charge in [0.2, 0.25) is 0 Å². The number of unbranched alkanes of at least 4 members (excludes halogenated alkanes) is 10. The molecular formula is C51H84O15. The largest absolute Gasteiger partial charge is 0.462 e. The Bertz CT molecular complexity index is 1430. The number of rotatable bonds is 36. The number of esters is 2. The summed E-state index contributed by atoms with van der Waals surface area (Å²) >= 11 is 0. The molecule has 0 amide bonds. The van der Waals surface area contributed by atoms with Crippen molar-refractivity contribution in [2.45, 2.75) is 210 Å². The second-order valence-electron chi connectivity index (χ2n) is 16.9. The Kier molecular flexibility index (Phi) is 33.9. The van der Waals surface area contributed by atoms with Crippen molar-refractivity contribution in [2.24, 2.45) is 0 Å². The fraction of sp³-hybridized carbons (Fsp3) is 0.725. The van der Waals surface area contributed by atoms with Crippen LogP contribution < -0.4 is 0 Å². The molecule has 2 aliphatic heterocycles. The van der Waals surface area contributed by atoms with Crippen LogP contribution in [0.5, 0.6) is 0 Å². The average Bonchev–Trinajstić information content (AvgIpc) is 3.31. The summed E-state index contributed by atoms with van der Waals surface area (Å²) in [5, 5.41) is 72.0. The highest BCUT2D eigenvalue weighted by Gasteiger charge is 2.47. The first kappa shape index (κ1) is 59.1. The number of hydrogen-bond acceptors (Lipinski definition) is 15. The maximum absolute atomic E-state index is 12.9. The highest BCUT2D eigenvalue weighted by Crippen LogP contribution is 2.26. The van der Waals surface area contributed by atoms with Gasteiger partial charge in [-0.15, -0.1) is 0 Å². The topological polar surface area (TPSA) is 231 Å². The lowest BCUT2D eigenvalue weighted by Crippen LogP contribution is -2.61. The Morgan fingerprint density at radius 3 is 1.56 bits per heavy atom. The molecule has 11 atom stereocenters. The monoisotopic (exact) mass is 937 g/mol. The summed E-state index contributed by atoms with van der Waals surface area (Å²) in [5.74, 6) is -1.04. The molecule has 66 heavy (non-hydrogen) atoms. The van der Waals surface area contributed by atoms with Gasteiger partial charge in [-0.2, -0.15) is 0 Å². The SMILES string of the molecule is CC/C=C\C/C=C\C/C=C\C/C=C\CCC(=O)OC(COC(=O)CCCCCCCCC/C=C\C/C=C\CCCCC)COC1OC(COC2OC(CO)C(O)C(O)C2O)C(O)C(O)C1O. The zero-order valence-corrected chi connectivity index (χ0v) is 39.6. The number of aliphatic hydroxyl groups excluding tert-OH is 7. The van der Waals surface area contributed by atoms with E-state index in [1.54, 1.807) is 0 Å². The molecule has 0 saturated carbocycles. The van der Waals surface area contributed by atoms with E-state index in [1.165, 1.54) is 25.7 Å².